The molecule has 0 radical (unpaired) electrons. The fourth-order valence-corrected chi connectivity index (χ4v) is 2.68. The highest BCUT2D eigenvalue weighted by Gasteiger charge is 2.35. The Morgan fingerprint density at radius 2 is 1.96 bits per heavy atom. The van der Waals surface area contributed by atoms with Crippen LogP contribution in [0.2, 0.25) is 0 Å². The van der Waals surface area contributed by atoms with Crippen LogP contribution in [0, 0.1) is 6.92 Å². The SMILES string of the molecule is COC(=O)C(S)(CCc1ccccc1)Nc1ccc(N)c(C)c1. The lowest BCUT2D eigenvalue weighted by Gasteiger charge is -2.28. The van der Waals surface area contributed by atoms with Gasteiger partial charge in [-0.3, -0.25) is 0 Å². The standard InChI is InChI=1S/C18H22N2O2S/c1-13-12-15(8-9-16(13)19)20-18(23,17(21)22-2)11-10-14-6-4-3-5-7-14/h3-9,12,20,23H,10-11,19H2,1-2H3. The summed E-state index contributed by atoms with van der Waals surface area (Å²) in [5.74, 6) is -0.411. The van der Waals surface area contributed by atoms with E-state index in [2.05, 4.69) is 17.9 Å². The molecule has 0 aliphatic heterocycles. The Hall–Kier alpha value is -2.14. The van der Waals surface area contributed by atoms with Crippen LogP contribution < -0.4 is 11.1 Å². The quantitative estimate of drug-likeness (QED) is 0.329. The predicted molar refractivity (Wildman–Crippen MR) is 97.7 cm³/mol. The third-order valence-electron chi connectivity index (χ3n) is 3.76. The van der Waals surface area contributed by atoms with E-state index in [4.69, 9.17) is 10.5 Å². The summed E-state index contributed by atoms with van der Waals surface area (Å²) in [6.45, 7) is 1.92. The number of nitrogen functional groups attached to an aromatic ring is 1. The van der Waals surface area contributed by atoms with Crippen LogP contribution in [0.1, 0.15) is 17.5 Å². The van der Waals surface area contributed by atoms with Gasteiger partial charge in [0.05, 0.1) is 7.11 Å². The molecule has 2 aromatic rings. The number of aryl methyl sites for hydroxylation is 2. The molecule has 4 nitrogen and oxygen atoms in total. The van der Waals surface area contributed by atoms with E-state index < -0.39 is 10.8 Å². The zero-order valence-electron chi connectivity index (χ0n) is 13.4. The van der Waals surface area contributed by atoms with Crippen LogP contribution in [0.25, 0.3) is 0 Å². The van der Waals surface area contributed by atoms with Crippen molar-refractivity contribution in [3.8, 4) is 0 Å². The lowest BCUT2D eigenvalue weighted by atomic mass is 10.0. The van der Waals surface area contributed by atoms with Crippen molar-refractivity contribution in [2.75, 3.05) is 18.2 Å². The van der Waals surface area contributed by atoms with Gasteiger partial charge in [-0.05, 0) is 49.1 Å². The number of nitrogens with one attached hydrogen (secondary N) is 1. The predicted octanol–water partition coefficient (Wildman–Crippen LogP) is 3.42. The number of ether oxygens (including phenoxy) is 1. The molecule has 0 amide bonds. The molecule has 0 fully saturated rings. The summed E-state index contributed by atoms with van der Waals surface area (Å²) in [5, 5.41) is 3.18. The van der Waals surface area contributed by atoms with Gasteiger partial charge in [0.25, 0.3) is 0 Å². The molecular formula is C18H22N2O2S. The minimum absolute atomic E-state index is 0.411. The summed E-state index contributed by atoms with van der Waals surface area (Å²) in [6.07, 6.45) is 1.20. The van der Waals surface area contributed by atoms with Crippen molar-refractivity contribution in [1.29, 1.82) is 0 Å². The third-order valence-corrected chi connectivity index (χ3v) is 4.28. The molecular weight excluding hydrogens is 308 g/mol. The maximum Gasteiger partial charge on any atom is 0.341 e. The average molecular weight is 330 g/mol. The molecule has 0 heterocycles. The van der Waals surface area contributed by atoms with E-state index in [0.29, 0.717) is 18.5 Å². The molecule has 1 atom stereocenters. The Bertz CT molecular complexity index is 676. The van der Waals surface area contributed by atoms with Gasteiger partial charge in [-0.25, -0.2) is 4.79 Å². The molecule has 0 aliphatic carbocycles. The molecule has 1 unspecified atom stereocenters. The molecule has 0 saturated heterocycles. The van der Waals surface area contributed by atoms with Crippen molar-refractivity contribution in [3.05, 3.63) is 59.7 Å². The molecule has 3 N–H and O–H groups in total. The van der Waals surface area contributed by atoms with Crippen molar-refractivity contribution in [3.63, 3.8) is 0 Å². The summed E-state index contributed by atoms with van der Waals surface area (Å²) in [7, 11) is 1.37. The first-order valence-electron chi connectivity index (χ1n) is 7.43. The topological polar surface area (TPSA) is 64.3 Å². The minimum Gasteiger partial charge on any atom is -0.467 e. The lowest BCUT2D eigenvalue weighted by molar-refractivity contribution is -0.142. The third kappa shape index (κ3) is 4.42. The molecule has 0 aliphatic rings. The molecule has 2 rings (SSSR count). The second-order valence-corrected chi connectivity index (χ2v) is 6.30. The molecule has 0 aromatic heterocycles. The van der Waals surface area contributed by atoms with E-state index in [-0.39, 0.29) is 0 Å². The molecule has 0 saturated carbocycles. The Kier molecular flexibility index (Phi) is 5.55. The number of esters is 1. The Morgan fingerprint density at radius 3 is 2.57 bits per heavy atom. The van der Waals surface area contributed by atoms with Crippen LogP contribution >= 0.6 is 12.6 Å². The van der Waals surface area contributed by atoms with Crippen molar-refractivity contribution < 1.29 is 9.53 Å². The molecule has 23 heavy (non-hydrogen) atoms. The molecule has 0 spiro atoms. The highest BCUT2D eigenvalue weighted by molar-refractivity contribution is 7.82. The second kappa shape index (κ2) is 7.42. The average Bonchev–Trinajstić information content (AvgIpc) is 2.56. The smallest absolute Gasteiger partial charge is 0.341 e. The maximum atomic E-state index is 12.2. The summed E-state index contributed by atoms with van der Waals surface area (Å²) in [5.41, 5.74) is 9.41. The van der Waals surface area contributed by atoms with Gasteiger partial charge >= 0.3 is 5.97 Å². The molecule has 122 valence electrons. The number of carbonyl (C=O) groups is 1. The van der Waals surface area contributed by atoms with Gasteiger partial charge in [0.1, 0.15) is 0 Å². The number of hydrogen-bond donors (Lipinski definition) is 3. The van der Waals surface area contributed by atoms with E-state index in [0.717, 1.165) is 16.8 Å². The van der Waals surface area contributed by atoms with Gasteiger partial charge in [0.15, 0.2) is 4.87 Å². The van der Waals surface area contributed by atoms with Gasteiger partial charge in [-0.2, -0.15) is 0 Å². The van der Waals surface area contributed by atoms with E-state index >= 15 is 0 Å². The van der Waals surface area contributed by atoms with E-state index in [9.17, 15) is 4.79 Å². The number of methoxy groups -OCH3 is 1. The first-order valence-corrected chi connectivity index (χ1v) is 7.88. The fraction of sp³-hybridized carbons (Fsp3) is 0.278. The highest BCUT2D eigenvalue weighted by atomic mass is 32.1. The Morgan fingerprint density at radius 1 is 1.26 bits per heavy atom. The zero-order chi connectivity index (χ0) is 16.9. The summed E-state index contributed by atoms with van der Waals surface area (Å²) >= 11 is 4.58. The van der Waals surface area contributed by atoms with Crippen LogP contribution in [0.4, 0.5) is 11.4 Å². The van der Waals surface area contributed by atoms with Gasteiger partial charge in [-0.15, -0.1) is 12.6 Å². The highest BCUT2D eigenvalue weighted by Crippen LogP contribution is 2.28. The van der Waals surface area contributed by atoms with Gasteiger partial charge in [0, 0.05) is 11.4 Å². The van der Waals surface area contributed by atoms with Crippen LogP contribution in [-0.4, -0.2) is 18.0 Å². The number of thiol groups is 1. The summed E-state index contributed by atoms with van der Waals surface area (Å²) in [4.78, 5) is 11.1. The zero-order valence-corrected chi connectivity index (χ0v) is 14.3. The minimum atomic E-state index is -1.10. The van der Waals surface area contributed by atoms with Crippen molar-refractivity contribution in [2.45, 2.75) is 24.6 Å². The number of anilines is 2. The van der Waals surface area contributed by atoms with Crippen LogP contribution in [0.15, 0.2) is 48.5 Å². The van der Waals surface area contributed by atoms with E-state index in [1.54, 1.807) is 6.07 Å². The number of rotatable bonds is 6. The molecule has 2 aromatic carbocycles. The number of nitrogens with two attached hydrogens (primary N) is 1. The van der Waals surface area contributed by atoms with Crippen molar-refractivity contribution >= 4 is 30.0 Å². The fourth-order valence-electron chi connectivity index (χ4n) is 2.35. The van der Waals surface area contributed by atoms with Gasteiger partial charge < -0.3 is 15.8 Å². The monoisotopic (exact) mass is 330 g/mol. The number of hydrogen-bond acceptors (Lipinski definition) is 5. The Labute approximate surface area is 142 Å². The summed E-state index contributed by atoms with van der Waals surface area (Å²) < 4.78 is 4.93. The van der Waals surface area contributed by atoms with Crippen LogP contribution in [0.5, 0.6) is 0 Å². The molecule has 0 bridgehead atoms. The molecule has 5 heteroatoms. The lowest BCUT2D eigenvalue weighted by Crippen LogP contribution is -2.42. The van der Waals surface area contributed by atoms with E-state index in [1.807, 2.05) is 49.4 Å². The van der Waals surface area contributed by atoms with Crippen LogP contribution in [0.3, 0.4) is 0 Å². The van der Waals surface area contributed by atoms with Crippen molar-refractivity contribution in [2.24, 2.45) is 0 Å². The van der Waals surface area contributed by atoms with Gasteiger partial charge in [-0.1, -0.05) is 30.3 Å². The first kappa shape index (κ1) is 17.2. The van der Waals surface area contributed by atoms with E-state index in [1.165, 1.54) is 7.11 Å². The Balaban J connectivity index is 2.17. The summed E-state index contributed by atoms with van der Waals surface area (Å²) in [6, 6.07) is 15.5. The largest absolute Gasteiger partial charge is 0.467 e. The number of benzene rings is 2. The number of carbonyl (C=O) groups excluding carboxylic acids is 1. The first-order chi connectivity index (χ1) is 10.9. The normalized spacial score (nSPS) is 13.2. The van der Waals surface area contributed by atoms with Crippen molar-refractivity contribution in [1.82, 2.24) is 0 Å². The second-order valence-electron chi connectivity index (χ2n) is 5.53. The van der Waals surface area contributed by atoms with Gasteiger partial charge in [0.2, 0.25) is 0 Å². The van der Waals surface area contributed by atoms with Crippen LogP contribution in [-0.2, 0) is 16.0 Å². The maximum absolute atomic E-state index is 12.2.